The molecule has 1 saturated carbocycles. The third-order valence-electron chi connectivity index (χ3n) is 5.30. The molecule has 4 rings (SSSR count). The van der Waals surface area contributed by atoms with Crippen LogP contribution >= 0.6 is 34.5 Å². The Hall–Kier alpha value is -3.02. The van der Waals surface area contributed by atoms with Crippen LogP contribution in [0.25, 0.3) is 0 Å². The van der Waals surface area contributed by atoms with Gasteiger partial charge in [-0.2, -0.15) is 8.78 Å². The zero-order valence-electron chi connectivity index (χ0n) is 19.1. The second-order valence-electron chi connectivity index (χ2n) is 8.05. The maximum absolute atomic E-state index is 12.9. The fourth-order valence-electron chi connectivity index (χ4n) is 3.27. The van der Waals surface area contributed by atoms with Gasteiger partial charge in [-0.25, -0.2) is 9.59 Å². The summed E-state index contributed by atoms with van der Waals surface area (Å²) in [5, 5.41) is 0.487. The van der Waals surface area contributed by atoms with Crippen LogP contribution in [-0.2, 0) is 20.7 Å². The molecule has 13 heteroatoms. The first kappa shape index (κ1) is 27.0. The van der Waals surface area contributed by atoms with Crippen molar-refractivity contribution in [3.8, 4) is 11.5 Å². The summed E-state index contributed by atoms with van der Waals surface area (Å²) in [5.74, 6) is -1.30. The summed E-state index contributed by atoms with van der Waals surface area (Å²) in [6.07, 6.45) is 5.11. The molecule has 1 aromatic carbocycles. The van der Waals surface area contributed by atoms with E-state index in [1.807, 2.05) is 0 Å². The first-order valence-corrected chi connectivity index (χ1v) is 12.7. The lowest BCUT2D eigenvalue weighted by atomic mass is 10.0. The molecule has 1 aliphatic carbocycles. The molecular formula is C24H20Cl2F2N2O6S. The van der Waals surface area contributed by atoms with Gasteiger partial charge in [0.05, 0.1) is 28.4 Å². The number of thiazole rings is 1. The number of aromatic nitrogens is 2. The summed E-state index contributed by atoms with van der Waals surface area (Å²) < 4.78 is 46.9. The van der Waals surface area contributed by atoms with Gasteiger partial charge in [0.2, 0.25) is 0 Å². The van der Waals surface area contributed by atoms with E-state index in [4.69, 9.17) is 37.4 Å². The van der Waals surface area contributed by atoms with Crippen molar-refractivity contribution in [2.45, 2.75) is 32.0 Å². The van der Waals surface area contributed by atoms with Crippen molar-refractivity contribution < 1.29 is 37.3 Å². The molecule has 0 bridgehead atoms. The summed E-state index contributed by atoms with van der Waals surface area (Å²) in [5.41, 5.74) is 2.31. The average Bonchev–Trinajstić information content (AvgIpc) is 3.53. The van der Waals surface area contributed by atoms with E-state index in [0.717, 1.165) is 24.2 Å². The lowest BCUT2D eigenvalue weighted by molar-refractivity contribution is -0.153. The SMILES string of the molecule is O=C(COC(=O)c1cncs1)O[C@@H](Cc1c(Cl)cncc1Cl)c1ccc(OC(F)F)c(OCC2CC2)c1. The molecule has 2 aromatic heterocycles. The highest BCUT2D eigenvalue weighted by Gasteiger charge is 2.26. The zero-order valence-corrected chi connectivity index (χ0v) is 21.4. The highest BCUT2D eigenvalue weighted by Crippen LogP contribution is 2.37. The molecule has 0 spiro atoms. The minimum absolute atomic E-state index is 0.0197. The van der Waals surface area contributed by atoms with E-state index in [9.17, 15) is 18.4 Å². The third kappa shape index (κ3) is 7.73. The fourth-order valence-corrected chi connectivity index (χ4v) is 4.31. The number of hydrogen-bond acceptors (Lipinski definition) is 9. The molecule has 1 atom stereocenters. The molecule has 1 aliphatic rings. The Kier molecular flexibility index (Phi) is 9.12. The Labute approximate surface area is 224 Å². The number of pyridine rings is 1. The van der Waals surface area contributed by atoms with E-state index in [1.54, 1.807) is 0 Å². The van der Waals surface area contributed by atoms with Crippen molar-refractivity contribution in [3.63, 3.8) is 0 Å². The van der Waals surface area contributed by atoms with Crippen LogP contribution in [0.5, 0.6) is 11.5 Å². The van der Waals surface area contributed by atoms with Crippen molar-refractivity contribution in [2.24, 2.45) is 5.92 Å². The third-order valence-corrected chi connectivity index (χ3v) is 6.70. The number of carbonyl (C=O) groups is 2. The van der Waals surface area contributed by atoms with Crippen molar-refractivity contribution >= 4 is 46.5 Å². The normalized spacial score (nSPS) is 13.8. The number of halogens is 4. The van der Waals surface area contributed by atoms with E-state index < -0.39 is 31.3 Å². The van der Waals surface area contributed by atoms with Gasteiger partial charge in [-0.15, -0.1) is 11.3 Å². The Morgan fingerprint density at radius 2 is 1.84 bits per heavy atom. The summed E-state index contributed by atoms with van der Waals surface area (Å²) >= 11 is 13.6. The molecular weight excluding hydrogens is 553 g/mol. The van der Waals surface area contributed by atoms with Crippen molar-refractivity contribution in [2.75, 3.05) is 13.2 Å². The predicted octanol–water partition coefficient (Wildman–Crippen LogP) is 5.92. The van der Waals surface area contributed by atoms with Gasteiger partial charge in [-0.05, 0) is 42.0 Å². The molecule has 0 amide bonds. The number of nitrogens with zero attached hydrogens (tertiary/aromatic N) is 2. The largest absolute Gasteiger partial charge is 0.489 e. The monoisotopic (exact) mass is 572 g/mol. The smallest absolute Gasteiger partial charge is 0.387 e. The van der Waals surface area contributed by atoms with E-state index >= 15 is 0 Å². The molecule has 2 heterocycles. The summed E-state index contributed by atoms with van der Waals surface area (Å²) in [4.78, 5) is 32.6. The second-order valence-corrected chi connectivity index (χ2v) is 9.75. The molecule has 0 aliphatic heterocycles. The molecule has 37 heavy (non-hydrogen) atoms. The number of rotatable bonds is 12. The van der Waals surface area contributed by atoms with Gasteiger partial charge in [0.15, 0.2) is 18.1 Å². The second kappa shape index (κ2) is 12.5. The first-order chi connectivity index (χ1) is 17.8. The molecule has 1 fully saturated rings. The standard InChI is InChI=1S/C24H20Cl2F2N2O6S/c25-16-7-29-8-17(26)15(16)6-19(35-22(31)11-34-23(32)21-9-30-12-37-21)14-3-4-18(36-24(27)28)20(5-14)33-10-13-1-2-13/h3-5,7-9,12-13,19,24H,1-2,6,10-11H2/t19-/m0/s1. The number of carbonyl (C=O) groups excluding carboxylic acids is 2. The van der Waals surface area contributed by atoms with Gasteiger partial charge in [0.25, 0.3) is 0 Å². The predicted molar refractivity (Wildman–Crippen MR) is 130 cm³/mol. The first-order valence-electron chi connectivity index (χ1n) is 11.0. The minimum Gasteiger partial charge on any atom is -0.489 e. The summed E-state index contributed by atoms with van der Waals surface area (Å²) in [7, 11) is 0. The zero-order chi connectivity index (χ0) is 26.4. The van der Waals surface area contributed by atoms with E-state index in [1.165, 1.54) is 42.3 Å². The molecule has 196 valence electrons. The summed E-state index contributed by atoms with van der Waals surface area (Å²) in [6.45, 7) is -3.38. The Morgan fingerprint density at radius 3 is 2.49 bits per heavy atom. The van der Waals surface area contributed by atoms with Crippen LogP contribution in [0.1, 0.15) is 39.7 Å². The van der Waals surface area contributed by atoms with Gasteiger partial charge >= 0.3 is 18.6 Å². The van der Waals surface area contributed by atoms with Crippen LogP contribution in [0.15, 0.2) is 42.3 Å². The topological polar surface area (TPSA) is 96.8 Å². The van der Waals surface area contributed by atoms with Crippen LogP contribution in [0.3, 0.4) is 0 Å². The molecule has 0 radical (unpaired) electrons. The van der Waals surface area contributed by atoms with Gasteiger partial charge in [-0.3, -0.25) is 9.97 Å². The fraction of sp³-hybridized carbons (Fsp3) is 0.333. The Balaban J connectivity index is 1.56. The van der Waals surface area contributed by atoms with Crippen molar-refractivity contribution in [3.05, 3.63) is 68.3 Å². The molecule has 0 unspecified atom stereocenters. The molecule has 0 saturated heterocycles. The number of ether oxygens (including phenoxy) is 4. The van der Waals surface area contributed by atoms with Crippen LogP contribution in [0, 0.1) is 5.92 Å². The van der Waals surface area contributed by atoms with Crippen LogP contribution in [0.4, 0.5) is 8.78 Å². The van der Waals surface area contributed by atoms with Gasteiger partial charge in [0, 0.05) is 18.8 Å². The van der Waals surface area contributed by atoms with Crippen LogP contribution < -0.4 is 9.47 Å². The van der Waals surface area contributed by atoms with Crippen LogP contribution in [0.2, 0.25) is 10.0 Å². The maximum Gasteiger partial charge on any atom is 0.387 e. The van der Waals surface area contributed by atoms with Crippen LogP contribution in [-0.4, -0.2) is 41.7 Å². The minimum atomic E-state index is -3.05. The number of hydrogen-bond donors (Lipinski definition) is 0. The Bertz CT molecular complexity index is 1220. The lowest BCUT2D eigenvalue weighted by Gasteiger charge is -2.21. The quantitative estimate of drug-likeness (QED) is 0.247. The van der Waals surface area contributed by atoms with Gasteiger partial charge in [-0.1, -0.05) is 29.3 Å². The maximum atomic E-state index is 12.9. The molecule has 8 nitrogen and oxygen atoms in total. The Morgan fingerprint density at radius 1 is 1.08 bits per heavy atom. The number of benzene rings is 1. The van der Waals surface area contributed by atoms with E-state index in [2.05, 4.69) is 14.7 Å². The molecule has 3 aromatic rings. The number of alkyl halides is 2. The highest BCUT2D eigenvalue weighted by molar-refractivity contribution is 7.11. The van der Waals surface area contributed by atoms with E-state index in [-0.39, 0.29) is 32.8 Å². The lowest BCUT2D eigenvalue weighted by Crippen LogP contribution is -2.20. The van der Waals surface area contributed by atoms with Crippen molar-refractivity contribution in [1.29, 1.82) is 0 Å². The van der Waals surface area contributed by atoms with Gasteiger partial charge < -0.3 is 18.9 Å². The number of esters is 2. The van der Waals surface area contributed by atoms with Crippen molar-refractivity contribution in [1.82, 2.24) is 9.97 Å². The van der Waals surface area contributed by atoms with Gasteiger partial charge in [0.1, 0.15) is 11.0 Å². The summed E-state index contributed by atoms with van der Waals surface area (Å²) in [6, 6.07) is 4.24. The molecule has 0 N–H and O–H groups in total. The highest BCUT2D eigenvalue weighted by atomic mass is 35.5. The average molecular weight is 573 g/mol. The van der Waals surface area contributed by atoms with E-state index in [0.29, 0.717) is 23.7 Å².